The van der Waals surface area contributed by atoms with Gasteiger partial charge in [0.2, 0.25) is 11.9 Å². The van der Waals surface area contributed by atoms with Gasteiger partial charge in [0.15, 0.2) is 0 Å². The lowest BCUT2D eigenvalue weighted by molar-refractivity contribution is -0.118. The Morgan fingerprint density at radius 1 is 1.30 bits per heavy atom. The number of hydrogen-bond acceptors (Lipinski definition) is 4. The van der Waals surface area contributed by atoms with Crippen LogP contribution in [0.3, 0.4) is 0 Å². The van der Waals surface area contributed by atoms with Gasteiger partial charge in [-0.15, -0.1) is 0 Å². The van der Waals surface area contributed by atoms with Crippen LogP contribution in [0.25, 0.3) is 11.3 Å². The van der Waals surface area contributed by atoms with Crippen molar-refractivity contribution in [2.75, 3.05) is 11.9 Å². The maximum absolute atomic E-state index is 12.0. The van der Waals surface area contributed by atoms with Crippen molar-refractivity contribution in [3.8, 4) is 11.3 Å². The summed E-state index contributed by atoms with van der Waals surface area (Å²) in [6.07, 6.45) is 0.805. The maximum atomic E-state index is 12.0. The molecule has 1 amide bonds. The van der Waals surface area contributed by atoms with Crippen molar-refractivity contribution >= 4 is 23.5 Å². The Morgan fingerprint density at radius 2 is 2.09 bits per heavy atom. The molecule has 6 heteroatoms. The fraction of sp³-hybridized carbons (Fsp3) is 0.353. The highest BCUT2D eigenvalue weighted by Gasteiger charge is 2.21. The average Bonchev–Trinajstić information content (AvgIpc) is 2.54. The quantitative estimate of drug-likeness (QED) is 0.907. The van der Waals surface area contributed by atoms with Gasteiger partial charge in [-0.05, 0) is 6.07 Å². The van der Waals surface area contributed by atoms with Crippen molar-refractivity contribution in [3.63, 3.8) is 0 Å². The molecule has 23 heavy (non-hydrogen) atoms. The number of carbonyl (C=O) groups excluding carboxylic acids is 1. The number of rotatable bonds is 3. The Hall–Kier alpha value is -1.98. The minimum Gasteiger partial charge on any atom is -0.312 e. The number of carbonyl (C=O) groups is 1. The van der Waals surface area contributed by atoms with Crippen molar-refractivity contribution in [1.82, 2.24) is 15.3 Å². The van der Waals surface area contributed by atoms with Gasteiger partial charge in [0, 0.05) is 41.6 Å². The number of nitrogens with one attached hydrogen (secondary N) is 2. The third kappa shape index (κ3) is 3.35. The van der Waals surface area contributed by atoms with Crippen LogP contribution in [0.5, 0.6) is 0 Å². The normalized spacial score (nSPS) is 13.7. The Bertz CT molecular complexity index is 745. The van der Waals surface area contributed by atoms with Gasteiger partial charge in [-0.1, -0.05) is 43.6 Å². The number of nitrogens with zero attached hydrogens (tertiary/aromatic N) is 2. The average molecular weight is 331 g/mol. The van der Waals surface area contributed by atoms with Crippen molar-refractivity contribution < 1.29 is 4.79 Å². The molecule has 0 saturated carbocycles. The number of halogens is 1. The molecule has 0 saturated heterocycles. The summed E-state index contributed by atoms with van der Waals surface area (Å²) in [5.74, 6) is 0.128. The molecule has 3 rings (SSSR count). The van der Waals surface area contributed by atoms with E-state index >= 15 is 0 Å². The summed E-state index contributed by atoms with van der Waals surface area (Å²) < 4.78 is 0. The summed E-state index contributed by atoms with van der Waals surface area (Å²) in [6, 6.07) is 7.60. The Morgan fingerprint density at radius 3 is 2.83 bits per heavy atom. The van der Waals surface area contributed by atoms with Crippen molar-refractivity contribution in [1.29, 1.82) is 0 Å². The standard InChI is InChI=1S/C17H19ClN4O/c1-10(2)16(23)22-17-20-14-7-8-19-9-12(14)15(21-17)11-5-3-4-6-13(11)18/h3-6,10,19H,7-9H2,1-2H3,(H,20,21,22,23). The fourth-order valence-corrected chi connectivity index (χ4v) is 2.75. The zero-order valence-corrected chi connectivity index (χ0v) is 13.9. The first-order chi connectivity index (χ1) is 11.1. The van der Waals surface area contributed by atoms with Crippen LogP contribution in [0.1, 0.15) is 25.1 Å². The molecule has 0 bridgehead atoms. The monoisotopic (exact) mass is 330 g/mol. The molecule has 2 aromatic rings. The lowest BCUT2D eigenvalue weighted by Gasteiger charge is -2.21. The fourth-order valence-electron chi connectivity index (χ4n) is 2.53. The van der Waals surface area contributed by atoms with Gasteiger partial charge >= 0.3 is 0 Å². The third-order valence-electron chi connectivity index (χ3n) is 3.82. The van der Waals surface area contributed by atoms with Crippen LogP contribution in [-0.4, -0.2) is 22.4 Å². The third-order valence-corrected chi connectivity index (χ3v) is 4.15. The second kappa shape index (κ2) is 6.64. The van der Waals surface area contributed by atoms with Crippen LogP contribution in [0.2, 0.25) is 5.02 Å². The van der Waals surface area contributed by atoms with Gasteiger partial charge in [-0.25, -0.2) is 9.97 Å². The zero-order chi connectivity index (χ0) is 16.4. The molecule has 5 nitrogen and oxygen atoms in total. The van der Waals surface area contributed by atoms with E-state index in [2.05, 4.69) is 20.6 Å². The van der Waals surface area contributed by atoms with E-state index in [1.54, 1.807) is 0 Å². The van der Waals surface area contributed by atoms with E-state index in [-0.39, 0.29) is 11.8 Å². The largest absolute Gasteiger partial charge is 0.312 e. The summed E-state index contributed by atoms with van der Waals surface area (Å²) >= 11 is 6.34. The summed E-state index contributed by atoms with van der Waals surface area (Å²) in [4.78, 5) is 21.1. The SMILES string of the molecule is CC(C)C(=O)Nc1nc2c(c(-c3ccccc3Cl)n1)CNCC2. The molecule has 0 atom stereocenters. The van der Waals surface area contributed by atoms with E-state index in [9.17, 15) is 4.79 Å². The molecule has 1 aliphatic rings. The minimum atomic E-state index is -0.125. The summed E-state index contributed by atoms with van der Waals surface area (Å²) in [7, 11) is 0. The van der Waals surface area contributed by atoms with E-state index in [4.69, 9.17) is 11.6 Å². The van der Waals surface area contributed by atoms with E-state index in [1.807, 2.05) is 38.1 Å². The molecule has 0 fully saturated rings. The van der Waals surface area contributed by atoms with Crippen LogP contribution < -0.4 is 10.6 Å². The van der Waals surface area contributed by atoms with E-state index < -0.39 is 0 Å². The molecule has 0 aliphatic carbocycles. The van der Waals surface area contributed by atoms with Crippen LogP contribution in [-0.2, 0) is 17.8 Å². The second-order valence-electron chi connectivity index (χ2n) is 5.87. The van der Waals surface area contributed by atoms with Crippen molar-refractivity contribution in [2.45, 2.75) is 26.8 Å². The van der Waals surface area contributed by atoms with Gasteiger partial charge < -0.3 is 5.32 Å². The Kier molecular flexibility index (Phi) is 4.59. The maximum Gasteiger partial charge on any atom is 0.230 e. The molecule has 120 valence electrons. The second-order valence-corrected chi connectivity index (χ2v) is 6.28. The van der Waals surface area contributed by atoms with Crippen LogP contribution in [0.4, 0.5) is 5.95 Å². The van der Waals surface area contributed by atoms with Gasteiger partial charge in [0.25, 0.3) is 0 Å². The molecule has 0 radical (unpaired) electrons. The van der Waals surface area contributed by atoms with Crippen LogP contribution in [0.15, 0.2) is 24.3 Å². The highest BCUT2D eigenvalue weighted by atomic mass is 35.5. The number of benzene rings is 1. The minimum absolute atomic E-state index is 0.0935. The first-order valence-electron chi connectivity index (χ1n) is 7.72. The first-order valence-corrected chi connectivity index (χ1v) is 8.10. The highest BCUT2D eigenvalue weighted by Crippen LogP contribution is 2.32. The van der Waals surface area contributed by atoms with Crippen LogP contribution >= 0.6 is 11.6 Å². The molecular formula is C17H19ClN4O. The topological polar surface area (TPSA) is 66.9 Å². The lowest BCUT2D eigenvalue weighted by atomic mass is 10.0. The molecule has 1 aliphatic heterocycles. The van der Waals surface area contributed by atoms with Gasteiger partial charge in [0.1, 0.15) is 0 Å². The van der Waals surface area contributed by atoms with Gasteiger partial charge in [0.05, 0.1) is 11.4 Å². The number of fused-ring (bicyclic) bond motifs is 1. The lowest BCUT2D eigenvalue weighted by Crippen LogP contribution is -2.27. The van der Waals surface area contributed by atoms with Crippen LogP contribution in [0, 0.1) is 5.92 Å². The molecule has 2 N–H and O–H groups in total. The molecule has 0 unspecified atom stereocenters. The summed E-state index contributed by atoms with van der Waals surface area (Å²) in [6.45, 7) is 5.25. The van der Waals surface area contributed by atoms with Crippen molar-refractivity contribution in [2.24, 2.45) is 5.92 Å². The van der Waals surface area contributed by atoms with Gasteiger partial charge in [-0.2, -0.15) is 0 Å². The van der Waals surface area contributed by atoms with Crippen molar-refractivity contribution in [3.05, 3.63) is 40.5 Å². The van der Waals surface area contributed by atoms with E-state index in [0.29, 0.717) is 17.5 Å². The predicted molar refractivity (Wildman–Crippen MR) is 91.4 cm³/mol. The number of aromatic nitrogens is 2. The molecule has 0 spiro atoms. The van der Waals surface area contributed by atoms with Gasteiger partial charge in [-0.3, -0.25) is 10.1 Å². The Labute approximate surface area is 140 Å². The molecule has 2 heterocycles. The number of amides is 1. The Balaban J connectivity index is 2.10. The molecule has 1 aromatic heterocycles. The summed E-state index contributed by atoms with van der Waals surface area (Å²) in [5.41, 5.74) is 3.66. The number of anilines is 1. The molecular weight excluding hydrogens is 312 g/mol. The smallest absolute Gasteiger partial charge is 0.230 e. The highest BCUT2D eigenvalue weighted by molar-refractivity contribution is 6.33. The summed E-state index contributed by atoms with van der Waals surface area (Å²) in [5, 5.41) is 6.77. The number of hydrogen-bond donors (Lipinski definition) is 2. The van der Waals surface area contributed by atoms with E-state index in [0.717, 1.165) is 35.5 Å². The molecule has 1 aromatic carbocycles. The predicted octanol–water partition coefficient (Wildman–Crippen LogP) is 3.04. The first kappa shape index (κ1) is 15.9. The zero-order valence-electron chi connectivity index (χ0n) is 13.2. The van der Waals surface area contributed by atoms with E-state index in [1.165, 1.54) is 0 Å².